The standard InChI is InChI=1S/C11H8O5/c1-16-11-8(15)4-7(14)9-5(12)2-3-6(13)10(9)11/h2-4,14-15H,1H3. The average molecular weight is 220 g/mol. The van der Waals surface area contributed by atoms with Crippen molar-refractivity contribution in [1.29, 1.82) is 0 Å². The normalized spacial score (nSPS) is 13.8. The molecule has 0 aliphatic heterocycles. The predicted molar refractivity (Wildman–Crippen MR) is 54.1 cm³/mol. The molecule has 0 fully saturated rings. The summed E-state index contributed by atoms with van der Waals surface area (Å²) in [5.74, 6) is -1.90. The van der Waals surface area contributed by atoms with E-state index in [1.54, 1.807) is 0 Å². The van der Waals surface area contributed by atoms with E-state index in [1.165, 1.54) is 7.11 Å². The number of aromatic hydroxyl groups is 2. The molecule has 0 bridgehead atoms. The molecule has 0 aromatic heterocycles. The molecule has 5 nitrogen and oxygen atoms in total. The second kappa shape index (κ2) is 3.37. The second-order valence-electron chi connectivity index (χ2n) is 3.26. The van der Waals surface area contributed by atoms with E-state index in [0.717, 1.165) is 18.2 Å². The van der Waals surface area contributed by atoms with Gasteiger partial charge in [0, 0.05) is 6.07 Å². The van der Waals surface area contributed by atoms with Crippen LogP contribution in [0.1, 0.15) is 20.7 Å². The van der Waals surface area contributed by atoms with Crippen molar-refractivity contribution < 1.29 is 24.5 Å². The van der Waals surface area contributed by atoms with E-state index in [0.29, 0.717) is 0 Å². The molecule has 0 unspecified atom stereocenters. The highest BCUT2D eigenvalue weighted by Gasteiger charge is 2.28. The molecule has 0 saturated heterocycles. The van der Waals surface area contributed by atoms with Crippen molar-refractivity contribution in [1.82, 2.24) is 0 Å². The topological polar surface area (TPSA) is 83.8 Å². The first-order valence-electron chi connectivity index (χ1n) is 4.46. The molecule has 0 amide bonds. The smallest absolute Gasteiger partial charge is 0.190 e. The van der Waals surface area contributed by atoms with Crippen LogP contribution in [0.2, 0.25) is 0 Å². The summed E-state index contributed by atoms with van der Waals surface area (Å²) in [6, 6.07) is 0.974. The zero-order chi connectivity index (χ0) is 11.9. The van der Waals surface area contributed by atoms with Gasteiger partial charge in [-0.05, 0) is 12.2 Å². The van der Waals surface area contributed by atoms with Crippen LogP contribution >= 0.6 is 0 Å². The van der Waals surface area contributed by atoms with Crippen LogP contribution < -0.4 is 4.74 Å². The molecule has 2 N–H and O–H groups in total. The summed E-state index contributed by atoms with van der Waals surface area (Å²) in [5, 5.41) is 19.0. The summed E-state index contributed by atoms with van der Waals surface area (Å²) >= 11 is 0. The van der Waals surface area contributed by atoms with Crippen molar-refractivity contribution in [2.24, 2.45) is 0 Å². The van der Waals surface area contributed by atoms with Crippen molar-refractivity contribution in [2.75, 3.05) is 7.11 Å². The van der Waals surface area contributed by atoms with Gasteiger partial charge in [0.2, 0.25) is 0 Å². The first-order valence-corrected chi connectivity index (χ1v) is 4.46. The quantitative estimate of drug-likeness (QED) is 0.738. The van der Waals surface area contributed by atoms with Crippen LogP contribution in [0, 0.1) is 0 Å². The Morgan fingerprint density at radius 2 is 1.56 bits per heavy atom. The Labute approximate surface area is 90.6 Å². The van der Waals surface area contributed by atoms with Crippen LogP contribution in [-0.4, -0.2) is 28.9 Å². The maximum atomic E-state index is 11.6. The summed E-state index contributed by atoms with van der Waals surface area (Å²) in [4.78, 5) is 23.1. The van der Waals surface area contributed by atoms with Gasteiger partial charge in [-0.15, -0.1) is 0 Å². The van der Waals surface area contributed by atoms with Crippen LogP contribution in [0.4, 0.5) is 0 Å². The first kappa shape index (κ1) is 10.2. The molecule has 16 heavy (non-hydrogen) atoms. The Hall–Kier alpha value is -2.30. The number of benzene rings is 1. The Bertz CT molecular complexity index is 528. The minimum absolute atomic E-state index is 0.101. The number of hydrogen-bond acceptors (Lipinski definition) is 5. The first-order chi connectivity index (χ1) is 7.56. The van der Waals surface area contributed by atoms with Crippen LogP contribution in [0.5, 0.6) is 17.2 Å². The molecule has 82 valence electrons. The molecule has 1 aliphatic rings. The van der Waals surface area contributed by atoms with Gasteiger partial charge in [-0.25, -0.2) is 0 Å². The largest absolute Gasteiger partial charge is 0.507 e. The van der Waals surface area contributed by atoms with Crippen molar-refractivity contribution in [2.45, 2.75) is 0 Å². The number of ether oxygens (including phenoxy) is 1. The van der Waals surface area contributed by atoms with Gasteiger partial charge >= 0.3 is 0 Å². The fourth-order valence-electron chi connectivity index (χ4n) is 1.65. The minimum atomic E-state index is -0.495. The molecule has 2 rings (SSSR count). The highest BCUT2D eigenvalue weighted by Crippen LogP contribution is 2.40. The molecule has 0 saturated carbocycles. The number of fused-ring (bicyclic) bond motifs is 1. The molecule has 0 radical (unpaired) electrons. The van der Waals surface area contributed by atoms with E-state index < -0.39 is 17.3 Å². The number of rotatable bonds is 1. The molecule has 1 aromatic carbocycles. The Morgan fingerprint density at radius 3 is 2.12 bits per heavy atom. The van der Waals surface area contributed by atoms with Crippen LogP contribution in [0.15, 0.2) is 18.2 Å². The summed E-state index contributed by atoms with van der Waals surface area (Å²) in [6.07, 6.45) is 2.15. The summed E-state index contributed by atoms with van der Waals surface area (Å²) in [6.45, 7) is 0. The molecular weight excluding hydrogens is 212 g/mol. The Kier molecular flexibility index (Phi) is 2.16. The predicted octanol–water partition coefficient (Wildman–Crippen LogP) is 1.04. The van der Waals surface area contributed by atoms with Gasteiger partial charge in [0.15, 0.2) is 23.1 Å². The lowest BCUT2D eigenvalue weighted by molar-refractivity contribution is 0.0988. The average Bonchev–Trinajstić information content (AvgIpc) is 2.23. The monoisotopic (exact) mass is 220 g/mol. The summed E-state index contributed by atoms with van der Waals surface area (Å²) in [7, 11) is 1.27. The molecule has 5 heteroatoms. The Morgan fingerprint density at radius 1 is 1.00 bits per heavy atom. The van der Waals surface area contributed by atoms with Gasteiger partial charge < -0.3 is 14.9 Å². The van der Waals surface area contributed by atoms with Gasteiger partial charge in [-0.1, -0.05) is 0 Å². The van der Waals surface area contributed by atoms with E-state index in [9.17, 15) is 19.8 Å². The fraction of sp³-hybridized carbons (Fsp3) is 0.0909. The molecule has 0 atom stereocenters. The molecule has 1 aliphatic carbocycles. The van der Waals surface area contributed by atoms with Gasteiger partial charge in [-0.2, -0.15) is 0 Å². The van der Waals surface area contributed by atoms with E-state index in [2.05, 4.69) is 0 Å². The van der Waals surface area contributed by atoms with Crippen molar-refractivity contribution in [3.63, 3.8) is 0 Å². The fourth-order valence-corrected chi connectivity index (χ4v) is 1.65. The second-order valence-corrected chi connectivity index (χ2v) is 3.26. The molecule has 0 heterocycles. The zero-order valence-electron chi connectivity index (χ0n) is 8.35. The lowest BCUT2D eigenvalue weighted by Gasteiger charge is -2.15. The maximum absolute atomic E-state index is 11.6. The van der Waals surface area contributed by atoms with E-state index >= 15 is 0 Å². The van der Waals surface area contributed by atoms with Crippen molar-refractivity contribution >= 4 is 11.6 Å². The van der Waals surface area contributed by atoms with Crippen molar-refractivity contribution in [3.8, 4) is 17.2 Å². The number of ketones is 2. The van der Waals surface area contributed by atoms with Crippen LogP contribution in [0.3, 0.4) is 0 Å². The molecule has 1 aromatic rings. The summed E-state index contributed by atoms with van der Waals surface area (Å²) < 4.78 is 4.85. The van der Waals surface area contributed by atoms with Gasteiger partial charge in [0.25, 0.3) is 0 Å². The Balaban J connectivity index is 2.85. The molecule has 0 spiro atoms. The third kappa shape index (κ3) is 1.25. The zero-order valence-corrected chi connectivity index (χ0v) is 8.35. The van der Waals surface area contributed by atoms with E-state index in [4.69, 9.17) is 4.74 Å². The third-order valence-corrected chi connectivity index (χ3v) is 2.32. The maximum Gasteiger partial charge on any atom is 0.190 e. The molecular formula is C11H8O5. The number of allylic oxidation sites excluding steroid dienone is 2. The lowest BCUT2D eigenvalue weighted by Crippen LogP contribution is -2.13. The summed E-state index contributed by atoms with van der Waals surface area (Å²) in [5.41, 5.74) is -0.241. The highest BCUT2D eigenvalue weighted by atomic mass is 16.5. The van der Waals surface area contributed by atoms with Crippen LogP contribution in [-0.2, 0) is 0 Å². The van der Waals surface area contributed by atoms with Gasteiger partial charge in [0.05, 0.1) is 18.2 Å². The number of phenols is 2. The number of phenolic OH excluding ortho intramolecular Hbond substituents is 2. The highest BCUT2D eigenvalue weighted by molar-refractivity contribution is 6.24. The minimum Gasteiger partial charge on any atom is -0.507 e. The van der Waals surface area contributed by atoms with Crippen molar-refractivity contribution in [3.05, 3.63) is 29.3 Å². The lowest BCUT2D eigenvalue weighted by atomic mass is 9.92. The van der Waals surface area contributed by atoms with E-state index in [-0.39, 0.29) is 22.6 Å². The number of hydrogen-bond donors (Lipinski definition) is 2. The van der Waals surface area contributed by atoms with E-state index in [1.807, 2.05) is 0 Å². The number of carbonyl (C=O) groups excluding carboxylic acids is 2. The van der Waals surface area contributed by atoms with Crippen LogP contribution in [0.25, 0.3) is 0 Å². The van der Waals surface area contributed by atoms with Gasteiger partial charge in [0.1, 0.15) is 5.75 Å². The van der Waals surface area contributed by atoms with Gasteiger partial charge in [-0.3, -0.25) is 9.59 Å². The number of methoxy groups -OCH3 is 1. The number of carbonyl (C=O) groups is 2. The SMILES string of the molecule is COc1c(O)cc(O)c2c1C(=O)C=CC2=O. The third-order valence-electron chi connectivity index (χ3n) is 2.32.